The number of aromatic nitrogens is 3. The Morgan fingerprint density at radius 1 is 1.27 bits per heavy atom. The molecule has 2 amide bonds. The second kappa shape index (κ2) is 8.52. The molecule has 0 spiro atoms. The van der Waals surface area contributed by atoms with Gasteiger partial charge in [-0.1, -0.05) is 11.2 Å². The van der Waals surface area contributed by atoms with Gasteiger partial charge >= 0.3 is 0 Å². The fraction of sp³-hybridized carbons (Fsp3) is 0.364. The van der Waals surface area contributed by atoms with Crippen LogP contribution in [0, 0.1) is 13.8 Å². The van der Waals surface area contributed by atoms with E-state index in [0.29, 0.717) is 37.9 Å². The SMILES string of the molecule is Cc1noc(C)c1CN1CCC(NC(=O)c2cccc(-n3cccn3)c2)CCC1=O. The molecular formula is C22H25N5O3. The highest BCUT2D eigenvalue weighted by Crippen LogP contribution is 2.20. The first-order valence-corrected chi connectivity index (χ1v) is 10.1. The van der Waals surface area contributed by atoms with Gasteiger partial charge < -0.3 is 14.7 Å². The number of benzene rings is 1. The monoisotopic (exact) mass is 407 g/mol. The van der Waals surface area contributed by atoms with Gasteiger partial charge in [0.15, 0.2) is 0 Å². The highest BCUT2D eigenvalue weighted by Gasteiger charge is 2.25. The van der Waals surface area contributed by atoms with Gasteiger partial charge in [0.25, 0.3) is 5.91 Å². The van der Waals surface area contributed by atoms with E-state index in [1.54, 1.807) is 16.9 Å². The van der Waals surface area contributed by atoms with Gasteiger partial charge in [-0.3, -0.25) is 9.59 Å². The number of hydrogen-bond donors (Lipinski definition) is 1. The van der Waals surface area contributed by atoms with Crippen LogP contribution in [0.1, 0.15) is 46.6 Å². The minimum absolute atomic E-state index is 0.0514. The first-order chi connectivity index (χ1) is 14.5. The molecule has 1 unspecified atom stereocenters. The summed E-state index contributed by atoms with van der Waals surface area (Å²) < 4.78 is 6.93. The van der Waals surface area contributed by atoms with Crippen LogP contribution in [0.3, 0.4) is 0 Å². The van der Waals surface area contributed by atoms with Crippen molar-refractivity contribution >= 4 is 11.8 Å². The number of amides is 2. The summed E-state index contributed by atoms with van der Waals surface area (Å²) in [7, 11) is 0. The highest BCUT2D eigenvalue weighted by atomic mass is 16.5. The summed E-state index contributed by atoms with van der Waals surface area (Å²) in [6, 6.07) is 9.13. The Balaban J connectivity index is 1.39. The van der Waals surface area contributed by atoms with Crippen molar-refractivity contribution in [2.75, 3.05) is 6.54 Å². The van der Waals surface area contributed by atoms with Gasteiger partial charge in [0.2, 0.25) is 5.91 Å². The van der Waals surface area contributed by atoms with Crippen LogP contribution in [0.4, 0.5) is 0 Å². The van der Waals surface area contributed by atoms with Gasteiger partial charge in [0, 0.05) is 42.5 Å². The average molecular weight is 407 g/mol. The van der Waals surface area contributed by atoms with Crippen LogP contribution in [-0.4, -0.2) is 44.2 Å². The fourth-order valence-electron chi connectivity index (χ4n) is 3.75. The summed E-state index contributed by atoms with van der Waals surface area (Å²) in [5, 5.41) is 11.3. The maximum atomic E-state index is 12.8. The molecule has 0 saturated carbocycles. The minimum Gasteiger partial charge on any atom is -0.361 e. The molecule has 4 rings (SSSR count). The average Bonchev–Trinajstić information content (AvgIpc) is 3.35. The number of aryl methyl sites for hydroxylation is 2. The van der Waals surface area contributed by atoms with Crippen molar-refractivity contribution in [3.05, 3.63) is 65.3 Å². The number of carbonyl (C=O) groups is 2. The Labute approximate surface area is 174 Å². The summed E-state index contributed by atoms with van der Waals surface area (Å²) in [5.41, 5.74) is 3.17. The lowest BCUT2D eigenvalue weighted by Gasteiger charge is -2.21. The number of rotatable bonds is 5. The van der Waals surface area contributed by atoms with E-state index in [1.165, 1.54) is 0 Å². The molecule has 1 aliphatic rings. The van der Waals surface area contributed by atoms with E-state index in [-0.39, 0.29) is 17.9 Å². The molecule has 3 aromatic rings. The minimum atomic E-state index is -0.138. The van der Waals surface area contributed by atoms with Crippen molar-refractivity contribution in [2.24, 2.45) is 0 Å². The quantitative estimate of drug-likeness (QED) is 0.702. The molecule has 2 aromatic heterocycles. The molecule has 30 heavy (non-hydrogen) atoms. The Bertz CT molecular complexity index is 1020. The first kappa shape index (κ1) is 19.9. The lowest BCUT2D eigenvalue weighted by atomic mass is 10.1. The molecule has 1 fully saturated rings. The largest absolute Gasteiger partial charge is 0.361 e. The third kappa shape index (κ3) is 4.27. The molecule has 1 N–H and O–H groups in total. The summed E-state index contributed by atoms with van der Waals surface area (Å²) >= 11 is 0. The summed E-state index contributed by atoms with van der Waals surface area (Å²) in [6.45, 7) is 4.82. The van der Waals surface area contributed by atoms with Crippen LogP contribution < -0.4 is 5.32 Å². The molecule has 8 nitrogen and oxygen atoms in total. The van der Waals surface area contributed by atoms with Crippen molar-refractivity contribution in [1.82, 2.24) is 25.2 Å². The van der Waals surface area contributed by atoms with E-state index >= 15 is 0 Å². The number of nitrogens with zero attached hydrogens (tertiary/aromatic N) is 4. The van der Waals surface area contributed by atoms with Crippen molar-refractivity contribution < 1.29 is 14.1 Å². The van der Waals surface area contributed by atoms with E-state index < -0.39 is 0 Å². The van der Waals surface area contributed by atoms with Gasteiger partial charge in [0.05, 0.1) is 17.9 Å². The van der Waals surface area contributed by atoms with E-state index in [2.05, 4.69) is 15.6 Å². The molecule has 8 heteroatoms. The fourth-order valence-corrected chi connectivity index (χ4v) is 3.75. The summed E-state index contributed by atoms with van der Waals surface area (Å²) in [4.78, 5) is 27.2. The Morgan fingerprint density at radius 3 is 2.87 bits per heavy atom. The standard InChI is InChI=1S/C22H25N5O3/c1-15-20(16(2)30-25-15)14-26-12-9-18(7-8-21(26)28)24-22(29)17-5-3-6-19(13-17)27-11-4-10-23-27/h3-6,10-11,13,18H,7-9,12,14H2,1-2H3,(H,24,29). The number of nitrogens with one attached hydrogen (secondary N) is 1. The van der Waals surface area contributed by atoms with Crippen molar-refractivity contribution in [2.45, 2.75) is 45.7 Å². The van der Waals surface area contributed by atoms with Gasteiger partial charge in [-0.25, -0.2) is 4.68 Å². The van der Waals surface area contributed by atoms with E-state index in [1.807, 2.05) is 49.2 Å². The molecule has 1 saturated heterocycles. The second-order valence-electron chi connectivity index (χ2n) is 7.62. The second-order valence-corrected chi connectivity index (χ2v) is 7.62. The molecule has 1 aliphatic heterocycles. The third-order valence-electron chi connectivity index (χ3n) is 5.55. The summed E-state index contributed by atoms with van der Waals surface area (Å²) in [5.74, 6) is 0.694. The van der Waals surface area contributed by atoms with E-state index in [0.717, 1.165) is 22.7 Å². The highest BCUT2D eigenvalue weighted by molar-refractivity contribution is 5.95. The Hall–Kier alpha value is -3.42. The maximum Gasteiger partial charge on any atom is 0.251 e. The van der Waals surface area contributed by atoms with Crippen molar-refractivity contribution in [3.8, 4) is 5.69 Å². The predicted molar refractivity (Wildman–Crippen MR) is 110 cm³/mol. The number of carbonyl (C=O) groups excluding carboxylic acids is 2. The van der Waals surface area contributed by atoms with E-state index in [9.17, 15) is 9.59 Å². The van der Waals surface area contributed by atoms with Crippen LogP contribution in [-0.2, 0) is 11.3 Å². The normalized spacial score (nSPS) is 17.1. The van der Waals surface area contributed by atoms with Crippen LogP contribution in [0.2, 0.25) is 0 Å². The predicted octanol–water partition coefficient (Wildman–Crippen LogP) is 2.79. The molecule has 1 atom stereocenters. The molecule has 0 bridgehead atoms. The smallest absolute Gasteiger partial charge is 0.251 e. The van der Waals surface area contributed by atoms with Crippen LogP contribution in [0.15, 0.2) is 47.2 Å². The molecule has 156 valence electrons. The number of hydrogen-bond acceptors (Lipinski definition) is 5. The first-order valence-electron chi connectivity index (χ1n) is 10.1. The van der Waals surface area contributed by atoms with Gasteiger partial charge in [-0.2, -0.15) is 5.10 Å². The van der Waals surface area contributed by atoms with E-state index in [4.69, 9.17) is 4.52 Å². The van der Waals surface area contributed by atoms with Gasteiger partial charge in [-0.15, -0.1) is 0 Å². The molecule has 3 heterocycles. The van der Waals surface area contributed by atoms with Crippen LogP contribution in [0.25, 0.3) is 5.69 Å². The van der Waals surface area contributed by atoms with Crippen LogP contribution >= 0.6 is 0 Å². The Morgan fingerprint density at radius 2 is 2.13 bits per heavy atom. The Kier molecular flexibility index (Phi) is 5.65. The van der Waals surface area contributed by atoms with Crippen molar-refractivity contribution in [3.63, 3.8) is 0 Å². The topological polar surface area (TPSA) is 93.3 Å². The lowest BCUT2D eigenvalue weighted by molar-refractivity contribution is -0.131. The molecule has 0 aliphatic carbocycles. The van der Waals surface area contributed by atoms with Crippen LogP contribution in [0.5, 0.6) is 0 Å². The van der Waals surface area contributed by atoms with Gasteiger partial charge in [-0.05, 0) is 51.0 Å². The molecular weight excluding hydrogens is 382 g/mol. The third-order valence-corrected chi connectivity index (χ3v) is 5.55. The zero-order chi connectivity index (χ0) is 21.1. The number of likely N-dealkylation sites (tertiary alicyclic amines) is 1. The van der Waals surface area contributed by atoms with Crippen molar-refractivity contribution in [1.29, 1.82) is 0 Å². The zero-order valence-electron chi connectivity index (χ0n) is 17.2. The summed E-state index contributed by atoms with van der Waals surface area (Å²) in [6.07, 6.45) is 5.27. The molecule has 0 radical (unpaired) electrons. The lowest BCUT2D eigenvalue weighted by Crippen LogP contribution is -2.36. The van der Waals surface area contributed by atoms with Gasteiger partial charge in [0.1, 0.15) is 5.76 Å². The maximum absolute atomic E-state index is 12.8. The zero-order valence-corrected chi connectivity index (χ0v) is 17.2. The molecule has 1 aromatic carbocycles.